The fourth-order valence-corrected chi connectivity index (χ4v) is 14.4. The molecule has 60 heavy (non-hydrogen) atoms. The second-order valence-corrected chi connectivity index (χ2v) is 19.3. The number of nitrogens with one attached hydrogen (secondary N) is 1. The normalized spacial score (nSPS) is 51.4. The third kappa shape index (κ3) is 5.05. The molecule has 1 aromatic carbocycles. The van der Waals surface area contributed by atoms with Gasteiger partial charge >= 0.3 is 30.1 Å². The van der Waals surface area contributed by atoms with Crippen LogP contribution in [0.2, 0.25) is 0 Å². The van der Waals surface area contributed by atoms with Gasteiger partial charge in [0.15, 0.2) is 5.60 Å². The van der Waals surface area contributed by atoms with E-state index in [9.17, 15) is 52.5 Å². The van der Waals surface area contributed by atoms with Crippen molar-refractivity contribution in [2.75, 3.05) is 0 Å². The van der Waals surface area contributed by atoms with Crippen LogP contribution in [0.4, 0.5) is 13.2 Å². The van der Waals surface area contributed by atoms with Gasteiger partial charge < -0.3 is 49.1 Å². The summed E-state index contributed by atoms with van der Waals surface area (Å²) in [6, 6.07) is 2.34. The fourth-order valence-electron chi connectivity index (χ4n) is 14.4. The Morgan fingerprint density at radius 3 is 2.02 bits per heavy atom. The molecule has 9 rings (SSSR count). The highest BCUT2D eigenvalue weighted by molar-refractivity contribution is 5.94. The number of fused-ring (bicyclic) bond motifs is 9. The molecule has 1 spiro atoms. The molecule has 1 aromatic rings. The molecule has 5 aliphatic carbocycles. The lowest BCUT2D eigenvalue weighted by Crippen LogP contribution is -2.77. The number of amides is 1. The molecule has 0 unspecified atom stereocenters. The van der Waals surface area contributed by atoms with Crippen LogP contribution >= 0.6 is 0 Å². The lowest BCUT2D eigenvalue weighted by Gasteiger charge is -2.67. The van der Waals surface area contributed by atoms with E-state index in [0.717, 1.165) is 24.3 Å². The predicted molar refractivity (Wildman–Crippen MR) is 193 cm³/mol. The van der Waals surface area contributed by atoms with Gasteiger partial charge in [-0.1, -0.05) is 20.8 Å². The van der Waals surface area contributed by atoms with Crippen molar-refractivity contribution in [2.24, 2.45) is 57.7 Å². The second kappa shape index (κ2) is 12.6. The number of halogens is 3. The number of hydrogen-bond acceptors (Lipinski definition) is 14. The van der Waals surface area contributed by atoms with Crippen LogP contribution in [0, 0.1) is 57.7 Å². The summed E-state index contributed by atoms with van der Waals surface area (Å²) >= 11 is 0. The maximum atomic E-state index is 14.1. The van der Waals surface area contributed by atoms with E-state index in [0.29, 0.717) is 0 Å². The van der Waals surface area contributed by atoms with Crippen LogP contribution in [0.5, 0.6) is 0 Å². The number of benzene rings is 1. The Hall–Kier alpha value is -3.84. The van der Waals surface area contributed by atoms with Crippen LogP contribution in [-0.2, 0) is 53.8 Å². The average molecular weight is 850 g/mol. The number of aliphatic hydroxyl groups is 3. The predicted octanol–water partition coefficient (Wildman–Crippen LogP) is 2.30. The van der Waals surface area contributed by atoms with Gasteiger partial charge in [0.25, 0.3) is 5.91 Å². The number of ether oxygens (including phenoxy) is 6. The minimum absolute atomic E-state index is 0.139. The van der Waals surface area contributed by atoms with E-state index in [1.54, 1.807) is 20.8 Å². The molecule has 8 fully saturated rings. The van der Waals surface area contributed by atoms with Crippen molar-refractivity contribution in [3.8, 4) is 0 Å². The van der Waals surface area contributed by atoms with Crippen molar-refractivity contribution in [2.45, 2.75) is 134 Å². The van der Waals surface area contributed by atoms with E-state index >= 15 is 0 Å². The molecule has 4 N–H and O–H groups in total. The summed E-state index contributed by atoms with van der Waals surface area (Å²) in [5.74, 6) is -12.2. The highest BCUT2D eigenvalue weighted by Gasteiger charge is 2.93. The minimum Gasteiger partial charge on any atom is -0.459 e. The third-order valence-electron chi connectivity index (χ3n) is 16.8. The van der Waals surface area contributed by atoms with Gasteiger partial charge in [-0.05, 0) is 68.2 Å². The first-order valence-corrected chi connectivity index (χ1v) is 20.4. The fraction of sp³-hybridized carbons (Fsp3) is 0.738. The van der Waals surface area contributed by atoms with Gasteiger partial charge in [0.2, 0.25) is 5.79 Å². The Labute approximate surface area is 342 Å². The van der Waals surface area contributed by atoms with E-state index < -0.39 is 165 Å². The van der Waals surface area contributed by atoms with Gasteiger partial charge in [-0.15, -0.1) is 0 Å². The maximum absolute atomic E-state index is 14.1. The quantitative estimate of drug-likeness (QED) is 0.190. The van der Waals surface area contributed by atoms with Gasteiger partial charge in [-0.2, -0.15) is 13.2 Å². The van der Waals surface area contributed by atoms with Crippen molar-refractivity contribution in [1.82, 2.24) is 5.32 Å². The van der Waals surface area contributed by atoms with Crippen molar-refractivity contribution in [3.63, 3.8) is 0 Å². The largest absolute Gasteiger partial charge is 0.459 e. The zero-order valence-corrected chi connectivity index (χ0v) is 34.2. The van der Waals surface area contributed by atoms with Crippen molar-refractivity contribution >= 4 is 29.8 Å². The number of hydrogen-bond donors (Lipinski definition) is 4. The molecule has 15 nitrogen and oxygen atoms in total. The summed E-state index contributed by atoms with van der Waals surface area (Å²) in [5, 5.41) is 41.2. The van der Waals surface area contributed by atoms with E-state index in [1.165, 1.54) is 27.7 Å². The molecule has 5 saturated carbocycles. The Bertz CT molecular complexity index is 2060. The Morgan fingerprint density at radius 2 is 1.43 bits per heavy atom. The van der Waals surface area contributed by atoms with Crippen LogP contribution in [0.15, 0.2) is 24.3 Å². The summed E-state index contributed by atoms with van der Waals surface area (Å²) in [5.41, 5.74) is -7.76. The van der Waals surface area contributed by atoms with Gasteiger partial charge in [0, 0.05) is 54.9 Å². The summed E-state index contributed by atoms with van der Waals surface area (Å²) < 4.78 is 77.2. The number of esters is 4. The van der Waals surface area contributed by atoms with Crippen molar-refractivity contribution in [1.29, 1.82) is 0 Å². The van der Waals surface area contributed by atoms with Crippen molar-refractivity contribution in [3.05, 3.63) is 35.4 Å². The molecule has 328 valence electrons. The van der Waals surface area contributed by atoms with Crippen LogP contribution < -0.4 is 5.32 Å². The highest BCUT2D eigenvalue weighted by atomic mass is 19.4. The van der Waals surface area contributed by atoms with Gasteiger partial charge in [-0.3, -0.25) is 19.2 Å². The second-order valence-electron chi connectivity index (χ2n) is 19.3. The van der Waals surface area contributed by atoms with Crippen molar-refractivity contribution < 1.29 is 80.9 Å². The number of aliphatic hydroxyl groups excluding tert-OH is 2. The topological polar surface area (TPSA) is 220 Å². The summed E-state index contributed by atoms with van der Waals surface area (Å²) in [6.45, 7) is 11.8. The first-order chi connectivity index (χ1) is 27.8. The van der Waals surface area contributed by atoms with E-state index in [2.05, 4.69) is 5.32 Å². The lowest BCUT2D eigenvalue weighted by atomic mass is 9.40. The Balaban J connectivity index is 1.25. The first-order valence-electron chi connectivity index (χ1n) is 20.4. The number of carbonyl (C=O) groups excluding carboxylic acids is 5. The summed E-state index contributed by atoms with van der Waals surface area (Å²) in [7, 11) is 0. The molecule has 0 aromatic heterocycles. The maximum Gasteiger partial charge on any atom is 0.416 e. The zero-order valence-electron chi connectivity index (χ0n) is 34.2. The highest BCUT2D eigenvalue weighted by Crippen LogP contribution is 2.81. The molecular formula is C42H50F3NO14. The number of carbonyl (C=O) groups is 5. The molecule has 21 atom stereocenters. The number of alkyl halides is 3. The molecule has 0 bridgehead atoms. The third-order valence-corrected chi connectivity index (χ3v) is 16.8. The van der Waals surface area contributed by atoms with E-state index in [4.69, 9.17) is 28.4 Å². The van der Waals surface area contributed by atoms with Gasteiger partial charge in [0.1, 0.15) is 30.5 Å². The Kier molecular flexibility index (Phi) is 8.74. The molecular weight excluding hydrogens is 799 g/mol. The van der Waals surface area contributed by atoms with Crippen LogP contribution in [0.1, 0.15) is 77.7 Å². The molecule has 0 radical (unpaired) electrons. The molecule has 3 heterocycles. The van der Waals surface area contributed by atoms with Gasteiger partial charge in [-0.25, -0.2) is 4.79 Å². The molecule has 3 saturated heterocycles. The lowest BCUT2D eigenvalue weighted by molar-refractivity contribution is -0.286. The molecule has 3 aliphatic heterocycles. The zero-order chi connectivity index (χ0) is 43.8. The van der Waals surface area contributed by atoms with E-state index in [-0.39, 0.29) is 12.0 Å². The minimum atomic E-state index is -4.67. The Morgan fingerprint density at radius 1 is 0.833 bits per heavy atom. The van der Waals surface area contributed by atoms with Crippen LogP contribution in [0.3, 0.4) is 0 Å². The van der Waals surface area contributed by atoms with Crippen LogP contribution in [0.25, 0.3) is 0 Å². The number of epoxide rings is 2. The average Bonchev–Trinajstić information content (AvgIpc) is 4.06. The van der Waals surface area contributed by atoms with E-state index in [1.807, 2.05) is 6.92 Å². The smallest absolute Gasteiger partial charge is 0.416 e. The van der Waals surface area contributed by atoms with Crippen LogP contribution in [-0.4, -0.2) is 111 Å². The monoisotopic (exact) mass is 849 g/mol. The molecule has 8 aliphatic rings. The standard InChI is InChI=1S/C42H50F3NO14/c1-14-23-26(39(7)40(8,54)36(53)60-41(39)32(14)59-41)29(51)24-22-25(31(55-15(2)47)34(38(23,24)6)57-17(4)49)37(5)20(13-21-30(58-21)33(37)56-16(3)48)27(28(22)50)46-35(52)18-9-11-19(12-10-18)42(43,44)45/h9-12,14,20-34,50-51,54H,13H2,1-8H3,(H,46,52)/t14-,20+,21-,22-,23-,24+,25+,26-,27-,28+,29+,30-,31-,32+,33-,34-,37-,38+,39-,40+,41-/m0/s1. The van der Waals surface area contributed by atoms with Gasteiger partial charge in [0.05, 0.1) is 35.3 Å². The summed E-state index contributed by atoms with van der Waals surface area (Å²) in [4.78, 5) is 67.2. The number of rotatable bonds is 5. The molecule has 1 amide bonds. The first kappa shape index (κ1) is 41.5. The SMILES string of the molecule is CC(=O)O[C@H]1[C@H]2[C@@H]([C@@H](O)[C@@H](NC(=O)c3ccc(C(F)(F)F)cc3)[C@H]3C[C@@H]4O[C@@H]4[C@H](OC(C)=O)[C@]23C)[C@@H]2[C@@H](O)[C@@H]3[C@H]([C@H](C)[C@H]4O[C@]45OC(=O)[C@@](C)(O)[C@]35C)[C@@]2(C)[C@H]1OC(C)=O. The molecule has 18 heteroatoms. The summed E-state index contributed by atoms with van der Waals surface area (Å²) in [6.07, 6.45) is -13.3.